The van der Waals surface area contributed by atoms with Crippen molar-refractivity contribution < 1.29 is 4.74 Å². The van der Waals surface area contributed by atoms with E-state index >= 15 is 0 Å². The summed E-state index contributed by atoms with van der Waals surface area (Å²) in [6, 6.07) is 6.54. The van der Waals surface area contributed by atoms with Crippen molar-refractivity contribution in [3.05, 3.63) is 35.0 Å². The Bertz CT molecular complexity index is 593. The van der Waals surface area contributed by atoms with Crippen LogP contribution in [0.25, 0.3) is 10.9 Å². The van der Waals surface area contributed by atoms with Crippen LogP contribution in [-0.4, -0.2) is 18.6 Å². The Kier molecular flexibility index (Phi) is 2.92. The van der Waals surface area contributed by atoms with Gasteiger partial charge in [0.15, 0.2) is 0 Å². The van der Waals surface area contributed by atoms with Gasteiger partial charge in [0.2, 0.25) is 0 Å². The molecule has 0 amide bonds. The SMILES string of the molecule is CCc1ccc2nc3c(c(NC)c2c1)COCC3. The van der Waals surface area contributed by atoms with Crippen LogP contribution in [0.4, 0.5) is 5.69 Å². The third-order valence-electron chi connectivity index (χ3n) is 3.62. The average Bonchev–Trinajstić information content (AvgIpc) is 2.44. The van der Waals surface area contributed by atoms with E-state index in [0.717, 1.165) is 25.0 Å². The minimum Gasteiger partial charge on any atom is -0.387 e. The fourth-order valence-corrected chi connectivity index (χ4v) is 2.61. The molecule has 2 heterocycles. The first-order chi connectivity index (χ1) is 8.83. The summed E-state index contributed by atoms with van der Waals surface area (Å²) in [5.41, 5.74) is 6.02. The van der Waals surface area contributed by atoms with Crippen LogP contribution in [0.1, 0.15) is 23.7 Å². The van der Waals surface area contributed by atoms with Gasteiger partial charge >= 0.3 is 0 Å². The Morgan fingerprint density at radius 2 is 2.28 bits per heavy atom. The van der Waals surface area contributed by atoms with Gasteiger partial charge in [-0.15, -0.1) is 0 Å². The highest BCUT2D eigenvalue weighted by atomic mass is 16.5. The summed E-state index contributed by atoms with van der Waals surface area (Å²) in [6.45, 7) is 3.63. The normalized spacial score (nSPS) is 14.6. The van der Waals surface area contributed by atoms with Crippen LogP contribution in [-0.2, 0) is 24.2 Å². The summed E-state index contributed by atoms with van der Waals surface area (Å²) in [6.07, 6.45) is 1.96. The average molecular weight is 242 g/mol. The van der Waals surface area contributed by atoms with Gasteiger partial charge in [-0.3, -0.25) is 4.98 Å². The number of aromatic nitrogens is 1. The van der Waals surface area contributed by atoms with E-state index in [1.807, 2.05) is 7.05 Å². The lowest BCUT2D eigenvalue weighted by Crippen LogP contribution is -2.14. The van der Waals surface area contributed by atoms with Crippen molar-refractivity contribution in [3.63, 3.8) is 0 Å². The molecule has 0 fully saturated rings. The number of rotatable bonds is 2. The van der Waals surface area contributed by atoms with Crippen LogP contribution in [0, 0.1) is 0 Å². The highest BCUT2D eigenvalue weighted by Gasteiger charge is 2.17. The second kappa shape index (κ2) is 4.58. The van der Waals surface area contributed by atoms with Crippen LogP contribution in [0.3, 0.4) is 0 Å². The maximum atomic E-state index is 5.56. The van der Waals surface area contributed by atoms with Gasteiger partial charge in [0, 0.05) is 24.4 Å². The summed E-state index contributed by atoms with van der Waals surface area (Å²) in [5.74, 6) is 0. The minimum absolute atomic E-state index is 0.671. The van der Waals surface area contributed by atoms with Gasteiger partial charge in [-0.05, 0) is 24.1 Å². The molecule has 0 aliphatic carbocycles. The number of pyridine rings is 1. The Hall–Kier alpha value is -1.61. The number of hydrogen-bond acceptors (Lipinski definition) is 3. The molecule has 3 rings (SSSR count). The third kappa shape index (κ3) is 1.75. The molecule has 0 unspecified atom stereocenters. The summed E-state index contributed by atoms with van der Waals surface area (Å²) in [7, 11) is 1.97. The number of nitrogens with zero attached hydrogens (tertiary/aromatic N) is 1. The van der Waals surface area contributed by atoms with Gasteiger partial charge in [-0.2, -0.15) is 0 Å². The second-order valence-corrected chi connectivity index (χ2v) is 4.67. The molecule has 0 radical (unpaired) electrons. The van der Waals surface area contributed by atoms with Crippen molar-refractivity contribution in [1.82, 2.24) is 4.98 Å². The first-order valence-corrected chi connectivity index (χ1v) is 6.53. The molecule has 0 bridgehead atoms. The van der Waals surface area contributed by atoms with Gasteiger partial charge in [-0.25, -0.2) is 0 Å². The van der Waals surface area contributed by atoms with Gasteiger partial charge < -0.3 is 10.1 Å². The van der Waals surface area contributed by atoms with E-state index in [0.29, 0.717) is 6.61 Å². The number of hydrogen-bond donors (Lipinski definition) is 1. The largest absolute Gasteiger partial charge is 0.387 e. The molecule has 1 aliphatic rings. The first-order valence-electron chi connectivity index (χ1n) is 6.53. The zero-order valence-corrected chi connectivity index (χ0v) is 10.9. The molecule has 0 atom stereocenters. The highest BCUT2D eigenvalue weighted by Crippen LogP contribution is 2.31. The van der Waals surface area contributed by atoms with Crippen molar-refractivity contribution in [3.8, 4) is 0 Å². The first kappa shape index (κ1) is 11.5. The van der Waals surface area contributed by atoms with Gasteiger partial charge in [-0.1, -0.05) is 13.0 Å². The van der Waals surface area contributed by atoms with Crippen molar-refractivity contribution >= 4 is 16.6 Å². The molecule has 0 saturated carbocycles. The van der Waals surface area contributed by atoms with E-state index in [1.54, 1.807) is 0 Å². The van der Waals surface area contributed by atoms with E-state index in [9.17, 15) is 0 Å². The number of fused-ring (bicyclic) bond motifs is 2. The van der Waals surface area contributed by atoms with Crippen molar-refractivity contribution in [1.29, 1.82) is 0 Å². The Labute approximate surface area is 107 Å². The summed E-state index contributed by atoms with van der Waals surface area (Å²) < 4.78 is 5.56. The molecule has 1 N–H and O–H groups in total. The molecule has 18 heavy (non-hydrogen) atoms. The number of nitrogens with one attached hydrogen (secondary N) is 1. The summed E-state index contributed by atoms with van der Waals surface area (Å²) >= 11 is 0. The van der Waals surface area contributed by atoms with Crippen LogP contribution >= 0.6 is 0 Å². The molecule has 2 aromatic rings. The van der Waals surface area contributed by atoms with Crippen molar-refractivity contribution in [2.24, 2.45) is 0 Å². The molecule has 3 heteroatoms. The number of aryl methyl sites for hydroxylation is 1. The van der Waals surface area contributed by atoms with Crippen LogP contribution in [0.2, 0.25) is 0 Å². The number of ether oxygens (including phenoxy) is 1. The predicted molar refractivity (Wildman–Crippen MR) is 74.0 cm³/mol. The smallest absolute Gasteiger partial charge is 0.0755 e. The summed E-state index contributed by atoms with van der Waals surface area (Å²) in [4.78, 5) is 4.78. The van der Waals surface area contributed by atoms with Gasteiger partial charge in [0.1, 0.15) is 0 Å². The van der Waals surface area contributed by atoms with E-state index in [4.69, 9.17) is 9.72 Å². The van der Waals surface area contributed by atoms with E-state index in [1.165, 1.54) is 27.9 Å². The fraction of sp³-hybridized carbons (Fsp3) is 0.400. The molecular weight excluding hydrogens is 224 g/mol. The Morgan fingerprint density at radius 1 is 1.39 bits per heavy atom. The van der Waals surface area contributed by atoms with E-state index < -0.39 is 0 Å². The topological polar surface area (TPSA) is 34.2 Å². The molecule has 0 saturated heterocycles. The lowest BCUT2D eigenvalue weighted by Gasteiger charge is -2.21. The molecular formula is C15H18N2O. The summed E-state index contributed by atoms with van der Waals surface area (Å²) in [5, 5.41) is 4.54. The predicted octanol–water partition coefficient (Wildman–Crippen LogP) is 2.91. The van der Waals surface area contributed by atoms with Crippen LogP contribution in [0.15, 0.2) is 18.2 Å². The maximum absolute atomic E-state index is 5.56. The highest BCUT2D eigenvalue weighted by molar-refractivity contribution is 5.94. The monoisotopic (exact) mass is 242 g/mol. The second-order valence-electron chi connectivity index (χ2n) is 4.67. The molecule has 0 spiro atoms. The minimum atomic E-state index is 0.671. The van der Waals surface area contributed by atoms with Crippen molar-refractivity contribution in [2.75, 3.05) is 19.0 Å². The third-order valence-corrected chi connectivity index (χ3v) is 3.62. The zero-order chi connectivity index (χ0) is 12.5. The number of benzene rings is 1. The molecule has 1 aliphatic heterocycles. The Balaban J connectivity index is 2.30. The lowest BCUT2D eigenvalue weighted by molar-refractivity contribution is 0.110. The molecule has 1 aromatic carbocycles. The van der Waals surface area contributed by atoms with E-state index in [2.05, 4.69) is 30.4 Å². The van der Waals surface area contributed by atoms with Crippen molar-refractivity contribution in [2.45, 2.75) is 26.4 Å². The van der Waals surface area contributed by atoms with Crippen LogP contribution < -0.4 is 5.32 Å². The zero-order valence-electron chi connectivity index (χ0n) is 10.9. The fourth-order valence-electron chi connectivity index (χ4n) is 2.61. The lowest BCUT2D eigenvalue weighted by atomic mass is 10.0. The molecule has 3 nitrogen and oxygen atoms in total. The standard InChI is InChI=1S/C15H18N2O/c1-3-10-4-5-13-11(8-10)15(16-2)12-9-18-7-6-14(12)17-13/h4-5,8H,3,6-7,9H2,1-2H3,(H,16,17). The van der Waals surface area contributed by atoms with Gasteiger partial charge in [0.05, 0.1) is 30.1 Å². The quantitative estimate of drug-likeness (QED) is 0.879. The Morgan fingerprint density at radius 3 is 3.06 bits per heavy atom. The molecule has 1 aromatic heterocycles. The molecule has 94 valence electrons. The van der Waals surface area contributed by atoms with E-state index in [-0.39, 0.29) is 0 Å². The van der Waals surface area contributed by atoms with Gasteiger partial charge in [0.25, 0.3) is 0 Å². The maximum Gasteiger partial charge on any atom is 0.0755 e. The van der Waals surface area contributed by atoms with Crippen LogP contribution in [0.5, 0.6) is 0 Å². The number of anilines is 1.